The minimum absolute atomic E-state index is 0.685. The minimum atomic E-state index is 0.685. The first-order valence-electron chi connectivity index (χ1n) is 3.08. The highest BCUT2D eigenvalue weighted by Gasteiger charge is 2.02. The molecule has 0 nitrogen and oxygen atoms in total. The summed E-state index contributed by atoms with van der Waals surface area (Å²) in [6, 6.07) is 0. The smallest absolute Gasteiger partial charge is 0.0124 e. The van der Waals surface area contributed by atoms with Gasteiger partial charge in [-0.3, -0.25) is 0 Å². The molecule has 43 valence electrons. The van der Waals surface area contributed by atoms with E-state index >= 15 is 0 Å². The van der Waals surface area contributed by atoms with Gasteiger partial charge in [0.1, 0.15) is 0 Å². The molecule has 0 fully saturated rings. The van der Waals surface area contributed by atoms with Gasteiger partial charge in [0.05, 0.1) is 0 Å². The summed E-state index contributed by atoms with van der Waals surface area (Å²) < 4.78 is 0. The molecule has 0 aromatic heterocycles. The average Bonchev–Trinajstić information content (AvgIpc) is 2.12. The Morgan fingerprint density at radius 3 is 2.62 bits per heavy atom. The van der Waals surface area contributed by atoms with Crippen LogP contribution in [0.3, 0.4) is 0 Å². The molecule has 1 rings (SSSR count). The molecule has 1 aliphatic rings. The van der Waals surface area contributed by atoms with Crippen molar-refractivity contribution in [3.05, 3.63) is 23.8 Å². The van der Waals surface area contributed by atoms with Gasteiger partial charge in [-0.2, -0.15) is 0 Å². The molecule has 1 aliphatic carbocycles. The van der Waals surface area contributed by atoms with Gasteiger partial charge < -0.3 is 0 Å². The van der Waals surface area contributed by atoms with Gasteiger partial charge in [0.2, 0.25) is 0 Å². The summed E-state index contributed by atoms with van der Waals surface area (Å²) in [6.45, 7) is 4.41. The summed E-state index contributed by atoms with van der Waals surface area (Å²) in [5.74, 6) is 0.685. The van der Waals surface area contributed by atoms with E-state index in [0.29, 0.717) is 5.92 Å². The lowest BCUT2D eigenvalue weighted by atomic mass is 10.0. The lowest BCUT2D eigenvalue weighted by Gasteiger charge is -2.02. The monoisotopic (exact) mass is 107 g/mol. The van der Waals surface area contributed by atoms with Crippen LogP contribution < -0.4 is 0 Å². The van der Waals surface area contributed by atoms with Crippen molar-refractivity contribution in [2.75, 3.05) is 0 Å². The van der Waals surface area contributed by atoms with Crippen LogP contribution in [0.5, 0.6) is 0 Å². The summed E-state index contributed by atoms with van der Waals surface area (Å²) in [4.78, 5) is 0. The van der Waals surface area contributed by atoms with Crippen molar-refractivity contribution in [2.24, 2.45) is 5.92 Å². The quantitative estimate of drug-likeness (QED) is 0.482. The van der Waals surface area contributed by atoms with Crippen LogP contribution in [0.2, 0.25) is 0 Å². The van der Waals surface area contributed by atoms with E-state index in [4.69, 9.17) is 0 Å². The zero-order valence-electron chi connectivity index (χ0n) is 5.44. The Bertz CT molecular complexity index is 127. The van der Waals surface area contributed by atoms with E-state index in [0.717, 1.165) is 6.42 Å². The number of hydrogen-bond donors (Lipinski definition) is 0. The van der Waals surface area contributed by atoms with Gasteiger partial charge in [-0.05, 0) is 18.4 Å². The molecule has 0 unspecified atom stereocenters. The Kier molecular flexibility index (Phi) is 1.52. The van der Waals surface area contributed by atoms with Crippen molar-refractivity contribution in [3.8, 4) is 0 Å². The van der Waals surface area contributed by atoms with Crippen molar-refractivity contribution in [1.29, 1.82) is 0 Å². The van der Waals surface area contributed by atoms with Crippen molar-refractivity contribution in [1.82, 2.24) is 0 Å². The average molecular weight is 107 g/mol. The third-order valence-corrected chi connectivity index (χ3v) is 1.42. The molecular formula is C8H11. The van der Waals surface area contributed by atoms with Crippen LogP contribution in [0.1, 0.15) is 20.3 Å². The Morgan fingerprint density at radius 2 is 2.38 bits per heavy atom. The molecule has 0 bridgehead atoms. The Morgan fingerprint density at radius 1 is 1.62 bits per heavy atom. The molecule has 0 N–H and O–H groups in total. The maximum Gasteiger partial charge on any atom is -0.0124 e. The largest absolute Gasteiger partial charge is 0.0798 e. The second kappa shape index (κ2) is 2.17. The molecule has 0 saturated carbocycles. The molecule has 0 spiro atoms. The zero-order valence-corrected chi connectivity index (χ0v) is 5.44. The fraction of sp³-hybridized carbons (Fsp3) is 0.500. The lowest BCUT2D eigenvalue weighted by Crippen LogP contribution is -1.88. The SMILES string of the molecule is CC(C)C1=[C]C=CC1. The van der Waals surface area contributed by atoms with E-state index in [-0.39, 0.29) is 0 Å². The summed E-state index contributed by atoms with van der Waals surface area (Å²) in [5.41, 5.74) is 1.44. The van der Waals surface area contributed by atoms with Gasteiger partial charge in [-0.25, -0.2) is 0 Å². The second-order valence-electron chi connectivity index (χ2n) is 2.43. The maximum absolute atomic E-state index is 3.19. The van der Waals surface area contributed by atoms with Crippen LogP contribution in [0.4, 0.5) is 0 Å². The molecule has 0 atom stereocenters. The van der Waals surface area contributed by atoms with E-state index in [1.165, 1.54) is 5.57 Å². The van der Waals surface area contributed by atoms with Gasteiger partial charge in [-0.15, -0.1) is 0 Å². The van der Waals surface area contributed by atoms with Crippen molar-refractivity contribution < 1.29 is 0 Å². The van der Waals surface area contributed by atoms with Crippen LogP contribution >= 0.6 is 0 Å². The fourth-order valence-corrected chi connectivity index (χ4v) is 0.813. The van der Waals surface area contributed by atoms with E-state index in [1.807, 2.05) is 6.08 Å². The van der Waals surface area contributed by atoms with E-state index in [1.54, 1.807) is 0 Å². The van der Waals surface area contributed by atoms with Gasteiger partial charge >= 0.3 is 0 Å². The van der Waals surface area contributed by atoms with Gasteiger partial charge in [0.15, 0.2) is 0 Å². The van der Waals surface area contributed by atoms with Crippen LogP contribution in [0.25, 0.3) is 0 Å². The van der Waals surface area contributed by atoms with Gasteiger partial charge in [-0.1, -0.05) is 31.6 Å². The van der Waals surface area contributed by atoms with Crippen LogP contribution in [0.15, 0.2) is 17.7 Å². The highest BCUT2D eigenvalue weighted by Crippen LogP contribution is 2.17. The summed E-state index contributed by atoms with van der Waals surface area (Å²) >= 11 is 0. The molecule has 0 aliphatic heterocycles. The summed E-state index contributed by atoms with van der Waals surface area (Å²) in [7, 11) is 0. The van der Waals surface area contributed by atoms with Crippen molar-refractivity contribution in [3.63, 3.8) is 0 Å². The third kappa shape index (κ3) is 1.00. The first kappa shape index (κ1) is 5.61. The van der Waals surface area contributed by atoms with Gasteiger partial charge in [0.25, 0.3) is 0 Å². The highest BCUT2D eigenvalue weighted by atomic mass is 14.1. The van der Waals surface area contributed by atoms with E-state index in [2.05, 4.69) is 26.0 Å². The van der Waals surface area contributed by atoms with E-state index < -0.39 is 0 Å². The minimum Gasteiger partial charge on any atom is -0.0798 e. The Labute approximate surface area is 50.9 Å². The molecular weight excluding hydrogens is 96.1 g/mol. The molecule has 1 radical (unpaired) electrons. The van der Waals surface area contributed by atoms with Crippen molar-refractivity contribution >= 4 is 0 Å². The molecule has 8 heavy (non-hydrogen) atoms. The second-order valence-corrected chi connectivity index (χ2v) is 2.43. The number of allylic oxidation sites excluding steroid dienone is 4. The Balaban J connectivity index is 2.51. The first-order chi connectivity index (χ1) is 3.80. The summed E-state index contributed by atoms with van der Waals surface area (Å²) in [6.07, 6.45) is 8.47. The fourth-order valence-electron chi connectivity index (χ4n) is 0.813. The summed E-state index contributed by atoms with van der Waals surface area (Å²) in [5, 5.41) is 0. The van der Waals surface area contributed by atoms with Crippen LogP contribution in [0, 0.1) is 12.0 Å². The first-order valence-corrected chi connectivity index (χ1v) is 3.08. The van der Waals surface area contributed by atoms with Crippen molar-refractivity contribution in [2.45, 2.75) is 20.3 Å². The predicted octanol–water partition coefficient (Wildman–Crippen LogP) is 2.33. The standard InChI is InChI=1S/C8H11/c1-7(2)8-5-3-4-6-8/h3-4,7H,5H2,1-2H3. The normalized spacial score (nSPS) is 17.6. The topological polar surface area (TPSA) is 0 Å². The lowest BCUT2D eigenvalue weighted by molar-refractivity contribution is 0.750. The molecule has 0 heteroatoms. The van der Waals surface area contributed by atoms with Crippen LogP contribution in [-0.4, -0.2) is 0 Å². The Hall–Kier alpha value is -0.520. The van der Waals surface area contributed by atoms with Gasteiger partial charge in [0, 0.05) is 0 Å². The number of rotatable bonds is 1. The molecule has 0 saturated heterocycles. The molecule has 0 aromatic carbocycles. The molecule has 0 aromatic rings. The predicted molar refractivity (Wildman–Crippen MR) is 35.4 cm³/mol. The third-order valence-electron chi connectivity index (χ3n) is 1.42. The maximum atomic E-state index is 3.19. The number of hydrogen-bond acceptors (Lipinski definition) is 0. The molecule has 0 heterocycles. The van der Waals surface area contributed by atoms with Crippen LogP contribution in [-0.2, 0) is 0 Å². The zero-order chi connectivity index (χ0) is 5.98. The van der Waals surface area contributed by atoms with E-state index in [9.17, 15) is 0 Å². The highest BCUT2D eigenvalue weighted by molar-refractivity contribution is 5.18. The molecule has 0 amide bonds.